The minimum Gasteiger partial charge on any atom is -0.493 e. The Morgan fingerprint density at radius 1 is 1.08 bits per heavy atom. The summed E-state index contributed by atoms with van der Waals surface area (Å²) in [5, 5.41) is 3.57. The molecule has 39 heavy (non-hydrogen) atoms. The van der Waals surface area contributed by atoms with Gasteiger partial charge >= 0.3 is 6.09 Å². The summed E-state index contributed by atoms with van der Waals surface area (Å²) < 4.78 is 22.3. The van der Waals surface area contributed by atoms with Gasteiger partial charge in [0, 0.05) is 50.4 Å². The van der Waals surface area contributed by atoms with E-state index in [0.29, 0.717) is 42.9 Å². The maximum atomic E-state index is 13.9. The fraction of sp³-hybridized carbons (Fsp3) is 0.733. The third-order valence-corrected chi connectivity index (χ3v) is 7.14. The lowest BCUT2D eigenvalue weighted by Crippen LogP contribution is -2.57. The van der Waals surface area contributed by atoms with Crippen molar-refractivity contribution in [1.29, 1.82) is 0 Å². The molecule has 9 heteroatoms. The number of likely N-dealkylation sites (tertiary alicyclic amines) is 1. The van der Waals surface area contributed by atoms with Crippen molar-refractivity contribution in [2.45, 2.75) is 103 Å². The molecule has 2 fully saturated rings. The quantitative estimate of drug-likeness (QED) is 0.353. The monoisotopic (exact) mass is 547 g/mol. The number of methoxy groups -OCH3 is 2. The summed E-state index contributed by atoms with van der Waals surface area (Å²) in [4.78, 5) is 31.0. The van der Waals surface area contributed by atoms with Crippen LogP contribution in [0.2, 0.25) is 0 Å². The van der Waals surface area contributed by atoms with Crippen LogP contribution in [-0.2, 0) is 9.47 Å². The van der Waals surface area contributed by atoms with Gasteiger partial charge in [0.2, 0.25) is 0 Å². The molecule has 1 saturated heterocycles. The molecule has 1 N–H and O–H groups in total. The van der Waals surface area contributed by atoms with Gasteiger partial charge in [0.05, 0.1) is 19.8 Å². The van der Waals surface area contributed by atoms with E-state index in [1.54, 1.807) is 32.4 Å². The third-order valence-electron chi connectivity index (χ3n) is 7.14. The molecule has 3 rings (SSSR count). The summed E-state index contributed by atoms with van der Waals surface area (Å²) >= 11 is 0. The second kappa shape index (κ2) is 14.2. The Balaban J connectivity index is 1.77. The molecule has 0 radical (unpaired) electrons. The van der Waals surface area contributed by atoms with Crippen LogP contribution in [0.1, 0.15) is 83.5 Å². The third kappa shape index (κ3) is 9.28. The zero-order valence-electron chi connectivity index (χ0n) is 25.0. The average Bonchev–Trinajstić information content (AvgIpc) is 3.70. The van der Waals surface area contributed by atoms with Crippen LogP contribution in [-0.4, -0.2) is 92.1 Å². The van der Waals surface area contributed by atoms with Crippen LogP contribution in [0.25, 0.3) is 0 Å². The van der Waals surface area contributed by atoms with Gasteiger partial charge in [-0.15, -0.1) is 0 Å². The summed E-state index contributed by atoms with van der Waals surface area (Å²) in [6.45, 7) is 12.1. The van der Waals surface area contributed by atoms with Crippen LogP contribution >= 0.6 is 0 Å². The number of amides is 2. The Labute approximate surface area is 234 Å². The molecule has 2 atom stereocenters. The smallest absolute Gasteiger partial charge is 0.410 e. The van der Waals surface area contributed by atoms with Crippen molar-refractivity contribution in [2.24, 2.45) is 0 Å². The van der Waals surface area contributed by atoms with Crippen LogP contribution in [0, 0.1) is 0 Å². The molecule has 1 heterocycles. The lowest BCUT2D eigenvalue weighted by atomic mass is 9.94. The molecular formula is C30H49N3O6. The van der Waals surface area contributed by atoms with Crippen LogP contribution in [0.3, 0.4) is 0 Å². The molecule has 1 saturated carbocycles. The minimum atomic E-state index is -0.586. The molecule has 1 aliphatic heterocycles. The molecule has 0 aromatic heterocycles. The highest BCUT2D eigenvalue weighted by Gasteiger charge is 2.39. The summed E-state index contributed by atoms with van der Waals surface area (Å²) in [6.07, 6.45) is 5.42. The second-order valence-corrected chi connectivity index (χ2v) is 11.9. The summed E-state index contributed by atoms with van der Waals surface area (Å²) in [5.74, 6) is 1.03. The lowest BCUT2D eigenvalue weighted by molar-refractivity contribution is -0.00785. The molecule has 0 spiro atoms. The normalized spacial score (nSPS) is 19.6. The highest BCUT2D eigenvalue weighted by atomic mass is 16.6. The van der Waals surface area contributed by atoms with Crippen LogP contribution in [0.15, 0.2) is 18.2 Å². The zero-order chi connectivity index (χ0) is 28.6. The number of carbonyl (C=O) groups is 2. The first-order chi connectivity index (χ1) is 18.5. The maximum Gasteiger partial charge on any atom is 0.410 e. The molecular weight excluding hydrogens is 498 g/mol. The molecule has 2 aliphatic rings. The number of hydrogen-bond donors (Lipinski definition) is 1. The number of nitrogens with zero attached hydrogens (tertiary/aromatic N) is 2. The first kappa shape index (κ1) is 31.0. The van der Waals surface area contributed by atoms with Gasteiger partial charge in [0.1, 0.15) is 5.60 Å². The van der Waals surface area contributed by atoms with E-state index in [1.807, 2.05) is 44.4 Å². The molecule has 9 nitrogen and oxygen atoms in total. The number of piperidine rings is 1. The number of benzene rings is 1. The van der Waals surface area contributed by atoms with Gasteiger partial charge in [-0.1, -0.05) is 0 Å². The summed E-state index contributed by atoms with van der Waals surface area (Å²) in [6, 6.07) is 5.84. The average molecular weight is 548 g/mol. The second-order valence-electron chi connectivity index (χ2n) is 11.9. The Morgan fingerprint density at radius 3 is 2.44 bits per heavy atom. The highest BCUT2D eigenvalue weighted by Crippen LogP contribution is 2.31. The van der Waals surface area contributed by atoms with E-state index < -0.39 is 5.60 Å². The van der Waals surface area contributed by atoms with E-state index >= 15 is 0 Å². The fourth-order valence-corrected chi connectivity index (χ4v) is 5.10. The molecule has 0 bridgehead atoms. The standard InChI is InChI=1S/C30H49N3O6/c1-21(2)33(28(34)22-9-14-26(37-7)27(19-22)38-18-8-17-36-6)25-13-12-24(15-16-31-23-10-11-23)32(20-25)29(35)39-30(3,4)5/h9,14,19,21,23-25,31H,8,10-13,15-18,20H2,1-7H3/t24-,25?/m1/s1. The first-order valence-corrected chi connectivity index (χ1v) is 14.4. The molecule has 1 unspecified atom stereocenters. The van der Waals surface area contributed by atoms with Gasteiger partial charge in [-0.25, -0.2) is 4.79 Å². The van der Waals surface area contributed by atoms with Gasteiger partial charge < -0.3 is 34.1 Å². The van der Waals surface area contributed by atoms with Crippen molar-refractivity contribution in [3.8, 4) is 11.5 Å². The van der Waals surface area contributed by atoms with Crippen LogP contribution in [0.4, 0.5) is 4.79 Å². The van der Waals surface area contributed by atoms with Crippen molar-refractivity contribution in [1.82, 2.24) is 15.1 Å². The minimum absolute atomic E-state index is 0.0516. The van der Waals surface area contributed by atoms with Crippen molar-refractivity contribution in [3.05, 3.63) is 23.8 Å². The topological polar surface area (TPSA) is 89.6 Å². The Bertz CT molecular complexity index is 943. The Kier molecular flexibility index (Phi) is 11.3. The van der Waals surface area contributed by atoms with Crippen LogP contribution in [0.5, 0.6) is 11.5 Å². The molecule has 220 valence electrons. The van der Waals surface area contributed by atoms with Gasteiger partial charge in [0.15, 0.2) is 11.5 Å². The van der Waals surface area contributed by atoms with Crippen molar-refractivity contribution >= 4 is 12.0 Å². The van der Waals surface area contributed by atoms with Gasteiger partial charge in [-0.2, -0.15) is 0 Å². The highest BCUT2D eigenvalue weighted by molar-refractivity contribution is 5.95. The van der Waals surface area contributed by atoms with E-state index in [4.69, 9.17) is 18.9 Å². The van der Waals surface area contributed by atoms with E-state index in [1.165, 1.54) is 12.8 Å². The van der Waals surface area contributed by atoms with Crippen molar-refractivity contribution in [2.75, 3.05) is 40.5 Å². The van der Waals surface area contributed by atoms with E-state index in [-0.39, 0.29) is 30.1 Å². The van der Waals surface area contributed by atoms with Gasteiger partial charge in [-0.3, -0.25) is 4.79 Å². The van der Waals surface area contributed by atoms with E-state index in [0.717, 1.165) is 32.2 Å². The SMILES string of the molecule is COCCCOc1cc(C(=O)N(C(C)C)C2CC[C@H](CCNC3CC3)N(C(=O)OC(C)(C)C)C2)ccc1OC. The van der Waals surface area contributed by atoms with E-state index in [2.05, 4.69) is 5.32 Å². The largest absolute Gasteiger partial charge is 0.493 e. The van der Waals surface area contributed by atoms with Gasteiger partial charge in [0.25, 0.3) is 5.91 Å². The number of rotatable bonds is 13. The molecule has 2 amide bonds. The van der Waals surface area contributed by atoms with Crippen molar-refractivity contribution in [3.63, 3.8) is 0 Å². The van der Waals surface area contributed by atoms with Gasteiger partial charge in [-0.05, 0) is 91.5 Å². The number of hydrogen-bond acceptors (Lipinski definition) is 7. The maximum absolute atomic E-state index is 13.9. The lowest BCUT2D eigenvalue weighted by Gasteiger charge is -2.45. The summed E-state index contributed by atoms with van der Waals surface area (Å²) in [5.41, 5.74) is -0.0530. The van der Waals surface area contributed by atoms with E-state index in [9.17, 15) is 9.59 Å². The predicted molar refractivity (Wildman–Crippen MR) is 152 cm³/mol. The molecule has 1 aliphatic carbocycles. The number of nitrogens with one attached hydrogen (secondary N) is 1. The predicted octanol–water partition coefficient (Wildman–Crippen LogP) is 4.87. The zero-order valence-corrected chi connectivity index (χ0v) is 25.0. The summed E-state index contributed by atoms with van der Waals surface area (Å²) in [7, 11) is 3.24. The van der Waals surface area contributed by atoms with Crippen molar-refractivity contribution < 1.29 is 28.5 Å². The Morgan fingerprint density at radius 2 is 1.82 bits per heavy atom. The number of carbonyl (C=O) groups excluding carboxylic acids is 2. The molecule has 1 aromatic rings. The van der Waals surface area contributed by atoms with Crippen LogP contribution < -0.4 is 14.8 Å². The Hall–Kier alpha value is -2.52. The fourth-order valence-electron chi connectivity index (χ4n) is 5.10. The number of ether oxygens (including phenoxy) is 4. The molecule has 1 aromatic carbocycles. The first-order valence-electron chi connectivity index (χ1n) is 14.4.